The number of rotatable bonds is 5. The number of imide groups is 1. The smallest absolute Gasteiger partial charge is 0.325 e. The third kappa shape index (κ3) is 3.71. The van der Waals surface area contributed by atoms with Gasteiger partial charge in [-0.2, -0.15) is 0 Å². The van der Waals surface area contributed by atoms with Gasteiger partial charge in [0.15, 0.2) is 0 Å². The van der Waals surface area contributed by atoms with Gasteiger partial charge in [-0.1, -0.05) is 48.0 Å². The fourth-order valence-corrected chi connectivity index (χ4v) is 3.53. The standard InChI is InChI=1S/C20H19ClFN3O3/c1-12(13-6-4-3-5-7-13)23-17(26)11-25-18(27)20(2,24-19(25)28)15-9-8-14(22)10-16(15)21/h3-10,12H,11H2,1-2H3,(H,23,26)(H,24,28). The predicted molar refractivity (Wildman–Crippen MR) is 102 cm³/mol. The molecule has 1 saturated heterocycles. The summed E-state index contributed by atoms with van der Waals surface area (Å²) in [5.74, 6) is -1.66. The Morgan fingerprint density at radius 2 is 1.93 bits per heavy atom. The molecule has 0 radical (unpaired) electrons. The minimum absolute atomic E-state index is 0.0140. The molecule has 4 amide bonds. The lowest BCUT2D eigenvalue weighted by Crippen LogP contribution is -2.43. The summed E-state index contributed by atoms with van der Waals surface area (Å²) in [4.78, 5) is 38.4. The lowest BCUT2D eigenvalue weighted by atomic mass is 9.92. The highest BCUT2D eigenvalue weighted by molar-refractivity contribution is 6.32. The molecule has 6 nitrogen and oxygen atoms in total. The first-order chi connectivity index (χ1) is 13.2. The second-order valence-corrected chi connectivity index (χ2v) is 7.18. The molecular formula is C20H19ClFN3O3. The van der Waals surface area contributed by atoms with Crippen molar-refractivity contribution < 1.29 is 18.8 Å². The normalized spacial score (nSPS) is 20.1. The monoisotopic (exact) mass is 403 g/mol. The van der Waals surface area contributed by atoms with Gasteiger partial charge in [-0.3, -0.25) is 14.5 Å². The highest BCUT2D eigenvalue weighted by Crippen LogP contribution is 2.33. The predicted octanol–water partition coefficient (Wildman–Crippen LogP) is 3.12. The van der Waals surface area contributed by atoms with E-state index in [-0.39, 0.29) is 16.6 Å². The number of halogens is 2. The van der Waals surface area contributed by atoms with Crippen LogP contribution >= 0.6 is 11.6 Å². The van der Waals surface area contributed by atoms with Crippen LogP contribution in [0.5, 0.6) is 0 Å². The van der Waals surface area contributed by atoms with Gasteiger partial charge in [0, 0.05) is 10.6 Å². The van der Waals surface area contributed by atoms with E-state index in [0.717, 1.165) is 22.6 Å². The van der Waals surface area contributed by atoms with Gasteiger partial charge in [0.2, 0.25) is 5.91 Å². The van der Waals surface area contributed by atoms with Crippen molar-refractivity contribution in [3.63, 3.8) is 0 Å². The molecule has 1 aliphatic heterocycles. The first-order valence-electron chi connectivity index (χ1n) is 8.66. The van der Waals surface area contributed by atoms with Crippen molar-refractivity contribution in [3.8, 4) is 0 Å². The van der Waals surface area contributed by atoms with E-state index in [1.807, 2.05) is 37.3 Å². The van der Waals surface area contributed by atoms with Crippen LogP contribution in [0.3, 0.4) is 0 Å². The van der Waals surface area contributed by atoms with Crippen LogP contribution in [0.2, 0.25) is 5.02 Å². The number of hydrogen-bond donors (Lipinski definition) is 2. The lowest BCUT2D eigenvalue weighted by molar-refractivity contribution is -0.135. The summed E-state index contributed by atoms with van der Waals surface area (Å²) in [5, 5.41) is 5.32. The van der Waals surface area contributed by atoms with Crippen molar-refractivity contribution in [1.82, 2.24) is 15.5 Å². The van der Waals surface area contributed by atoms with E-state index >= 15 is 0 Å². The molecule has 0 bridgehead atoms. The van der Waals surface area contributed by atoms with E-state index in [4.69, 9.17) is 11.6 Å². The van der Waals surface area contributed by atoms with Crippen molar-refractivity contribution >= 4 is 29.4 Å². The molecule has 0 aromatic heterocycles. The lowest BCUT2D eigenvalue weighted by Gasteiger charge is -2.23. The maximum absolute atomic E-state index is 13.3. The van der Waals surface area contributed by atoms with Gasteiger partial charge in [0.05, 0.1) is 6.04 Å². The number of urea groups is 1. The Kier molecular flexibility index (Phi) is 5.38. The molecule has 0 spiro atoms. The molecule has 1 heterocycles. The van der Waals surface area contributed by atoms with Crippen LogP contribution in [0.4, 0.5) is 9.18 Å². The molecule has 146 valence electrons. The largest absolute Gasteiger partial charge is 0.348 e. The zero-order valence-corrected chi connectivity index (χ0v) is 16.1. The zero-order chi connectivity index (χ0) is 20.5. The van der Waals surface area contributed by atoms with E-state index in [2.05, 4.69) is 10.6 Å². The maximum atomic E-state index is 13.3. The third-order valence-electron chi connectivity index (χ3n) is 4.72. The van der Waals surface area contributed by atoms with Crippen molar-refractivity contribution in [3.05, 3.63) is 70.5 Å². The number of nitrogens with one attached hydrogen (secondary N) is 2. The van der Waals surface area contributed by atoms with Gasteiger partial charge in [-0.15, -0.1) is 0 Å². The van der Waals surface area contributed by atoms with Crippen LogP contribution in [-0.4, -0.2) is 29.3 Å². The number of carbonyl (C=O) groups excluding carboxylic acids is 3. The molecule has 2 unspecified atom stereocenters. The Morgan fingerprint density at radius 1 is 1.25 bits per heavy atom. The fraction of sp³-hybridized carbons (Fsp3) is 0.250. The first kappa shape index (κ1) is 19.8. The summed E-state index contributed by atoms with van der Waals surface area (Å²) in [5.41, 5.74) is -0.321. The molecule has 28 heavy (non-hydrogen) atoms. The summed E-state index contributed by atoms with van der Waals surface area (Å²) in [6, 6.07) is 11.9. The van der Waals surface area contributed by atoms with Gasteiger partial charge in [-0.25, -0.2) is 9.18 Å². The molecular weight excluding hydrogens is 385 g/mol. The molecule has 2 atom stereocenters. The Labute approximate surface area is 166 Å². The number of amides is 4. The van der Waals surface area contributed by atoms with E-state index in [1.54, 1.807) is 0 Å². The van der Waals surface area contributed by atoms with Gasteiger partial charge in [0.1, 0.15) is 17.9 Å². The minimum Gasteiger partial charge on any atom is -0.348 e. The maximum Gasteiger partial charge on any atom is 0.325 e. The average Bonchev–Trinajstić information content (AvgIpc) is 2.86. The summed E-state index contributed by atoms with van der Waals surface area (Å²) < 4.78 is 13.3. The van der Waals surface area contributed by atoms with Crippen LogP contribution in [0, 0.1) is 5.82 Å². The molecule has 0 aliphatic carbocycles. The molecule has 1 aliphatic rings. The highest BCUT2D eigenvalue weighted by atomic mass is 35.5. The molecule has 0 saturated carbocycles. The molecule has 2 aromatic rings. The first-order valence-corrected chi connectivity index (χ1v) is 9.04. The van der Waals surface area contributed by atoms with Crippen molar-refractivity contribution in [1.29, 1.82) is 0 Å². The minimum atomic E-state index is -1.48. The summed E-state index contributed by atoms with van der Waals surface area (Å²) in [6.45, 7) is 2.84. The number of benzene rings is 2. The van der Waals surface area contributed by atoms with Gasteiger partial charge < -0.3 is 10.6 Å². The number of hydrogen-bond acceptors (Lipinski definition) is 3. The van der Waals surface area contributed by atoms with Crippen molar-refractivity contribution in [2.45, 2.75) is 25.4 Å². The summed E-state index contributed by atoms with van der Waals surface area (Å²) in [7, 11) is 0. The van der Waals surface area contributed by atoms with Crippen LogP contribution in [0.15, 0.2) is 48.5 Å². The zero-order valence-electron chi connectivity index (χ0n) is 15.3. The Balaban J connectivity index is 1.74. The van der Waals surface area contributed by atoms with Crippen LogP contribution in [-0.2, 0) is 15.1 Å². The quantitative estimate of drug-likeness (QED) is 0.753. The van der Waals surface area contributed by atoms with Crippen LogP contribution < -0.4 is 10.6 Å². The third-order valence-corrected chi connectivity index (χ3v) is 5.04. The Morgan fingerprint density at radius 3 is 2.57 bits per heavy atom. The SMILES string of the molecule is CC(NC(=O)CN1C(=O)NC(C)(c2ccc(F)cc2Cl)C1=O)c1ccccc1. The topological polar surface area (TPSA) is 78.5 Å². The van der Waals surface area contributed by atoms with E-state index < -0.39 is 35.7 Å². The molecule has 3 rings (SSSR count). The molecule has 1 fully saturated rings. The Hall–Kier alpha value is -2.93. The number of nitrogens with zero attached hydrogens (tertiary/aromatic N) is 1. The molecule has 2 aromatic carbocycles. The van der Waals surface area contributed by atoms with Gasteiger partial charge >= 0.3 is 6.03 Å². The van der Waals surface area contributed by atoms with Gasteiger partial charge in [0.25, 0.3) is 5.91 Å². The Bertz CT molecular complexity index is 938. The number of carbonyl (C=O) groups is 3. The second kappa shape index (κ2) is 7.59. The van der Waals surface area contributed by atoms with Gasteiger partial charge in [-0.05, 0) is 31.5 Å². The fourth-order valence-electron chi connectivity index (χ4n) is 3.17. The highest BCUT2D eigenvalue weighted by Gasteiger charge is 2.50. The second-order valence-electron chi connectivity index (χ2n) is 6.77. The van der Waals surface area contributed by atoms with E-state index in [9.17, 15) is 18.8 Å². The summed E-state index contributed by atoms with van der Waals surface area (Å²) >= 11 is 6.06. The molecule has 8 heteroatoms. The summed E-state index contributed by atoms with van der Waals surface area (Å²) in [6.07, 6.45) is 0. The van der Waals surface area contributed by atoms with Crippen molar-refractivity contribution in [2.24, 2.45) is 0 Å². The van der Waals surface area contributed by atoms with Crippen LogP contribution in [0.25, 0.3) is 0 Å². The van der Waals surface area contributed by atoms with E-state index in [0.29, 0.717) is 0 Å². The van der Waals surface area contributed by atoms with E-state index in [1.165, 1.54) is 13.0 Å². The van der Waals surface area contributed by atoms with Crippen LogP contribution in [0.1, 0.15) is 31.0 Å². The van der Waals surface area contributed by atoms with Crippen molar-refractivity contribution in [2.75, 3.05) is 6.54 Å². The molecule has 2 N–H and O–H groups in total. The average molecular weight is 404 g/mol.